The van der Waals surface area contributed by atoms with Crippen LogP contribution in [0.2, 0.25) is 0 Å². The number of hydrogen-bond acceptors (Lipinski definition) is 4. The van der Waals surface area contributed by atoms with Gasteiger partial charge in [0.1, 0.15) is 5.82 Å². The normalized spacial score (nSPS) is 13.5. The Morgan fingerprint density at radius 3 is 2.19 bits per heavy atom. The second-order valence-electron chi connectivity index (χ2n) is 15.0. The van der Waals surface area contributed by atoms with E-state index in [0.717, 1.165) is 92.5 Å². The zero-order valence-electron chi connectivity index (χ0n) is 31.7. The van der Waals surface area contributed by atoms with Crippen LogP contribution in [0.3, 0.4) is 0 Å². The van der Waals surface area contributed by atoms with Gasteiger partial charge in [-0.05, 0) is 99.4 Å². The third-order valence-corrected chi connectivity index (χ3v) is 10.8. The zero-order valence-corrected chi connectivity index (χ0v) is 34.1. The smallest absolute Gasteiger partial charge is 0.162 e. The average molecular weight is 874 g/mol. The van der Waals surface area contributed by atoms with Crippen molar-refractivity contribution in [2.45, 2.75) is 92.9 Å². The molecule has 7 rings (SSSR count). The van der Waals surface area contributed by atoms with Crippen molar-refractivity contribution in [3.8, 4) is 11.3 Å². The molecule has 273 valence electrons. The first-order chi connectivity index (χ1) is 24.4. The van der Waals surface area contributed by atoms with Crippen molar-refractivity contribution in [1.29, 1.82) is 0 Å². The monoisotopic (exact) mass is 874 g/mol. The molecule has 1 aliphatic carbocycles. The minimum atomic E-state index is -0.366. The molecular weight excluding hydrogens is 824 g/mol. The number of hydrogen-bond donors (Lipinski definition) is 1. The first-order valence-corrected chi connectivity index (χ1v) is 18.7. The molecule has 0 fully saturated rings. The van der Waals surface area contributed by atoms with Crippen LogP contribution in [-0.4, -0.2) is 20.9 Å². The summed E-state index contributed by atoms with van der Waals surface area (Å²) in [6.45, 7) is 16.9. The van der Waals surface area contributed by atoms with Crippen LogP contribution in [0.5, 0.6) is 0 Å². The third-order valence-electron chi connectivity index (χ3n) is 10.8. The van der Waals surface area contributed by atoms with Gasteiger partial charge in [0, 0.05) is 60.7 Å². The summed E-state index contributed by atoms with van der Waals surface area (Å²) in [5, 5.41) is 16.9. The van der Waals surface area contributed by atoms with Gasteiger partial charge in [0.25, 0.3) is 0 Å². The van der Waals surface area contributed by atoms with Crippen molar-refractivity contribution in [3.63, 3.8) is 0 Å². The third kappa shape index (κ3) is 7.17. The standard InChI is InChI=1S/C33H26FN2.C13H24O2.Ir/c1-18(2)13-19-14-24-22(28(34)15-19)10-9-21-23-11-12-35-31-26-16-20-7-5-6-8-29(20)36-32(26)33(3,4)27(30(23)31)17-25(21)24;1-5-10(6-2)12(14)9-13(15)11(7-3)8-4;/h5-12,14-15,17-18H,13H2,1-4H3;9-11,14H,5-8H2,1-4H3;/q-1;;/b;12-9-;. The molecule has 4 nitrogen and oxygen atoms in total. The van der Waals surface area contributed by atoms with Gasteiger partial charge in [-0.15, -0.1) is 12.1 Å². The molecule has 0 saturated heterocycles. The number of benzene rings is 4. The van der Waals surface area contributed by atoms with Gasteiger partial charge in [0.15, 0.2) is 5.78 Å². The van der Waals surface area contributed by atoms with Crippen LogP contribution in [0.25, 0.3) is 54.5 Å². The molecule has 6 aromatic rings. The molecule has 4 aromatic carbocycles. The molecule has 52 heavy (non-hydrogen) atoms. The zero-order chi connectivity index (χ0) is 36.6. The Labute approximate surface area is 321 Å². The van der Waals surface area contributed by atoms with Crippen LogP contribution >= 0.6 is 0 Å². The number of aromatic nitrogens is 2. The molecule has 1 N–H and O–H groups in total. The molecule has 1 aliphatic rings. The van der Waals surface area contributed by atoms with E-state index in [1.54, 1.807) is 6.07 Å². The first kappa shape index (κ1) is 39.2. The van der Waals surface area contributed by atoms with E-state index in [1.165, 1.54) is 11.6 Å². The number of fused-ring (bicyclic) bond motifs is 7. The van der Waals surface area contributed by atoms with Crippen molar-refractivity contribution in [3.05, 3.63) is 107 Å². The summed E-state index contributed by atoms with van der Waals surface area (Å²) in [6, 6.07) is 24.0. The summed E-state index contributed by atoms with van der Waals surface area (Å²) in [6.07, 6.45) is 7.64. The van der Waals surface area contributed by atoms with E-state index in [2.05, 4.69) is 64.1 Å². The predicted molar refractivity (Wildman–Crippen MR) is 211 cm³/mol. The number of carbonyl (C=O) groups excluding carboxylic acids is 1. The second kappa shape index (κ2) is 15.9. The largest absolute Gasteiger partial charge is 0.512 e. The Morgan fingerprint density at radius 1 is 0.865 bits per heavy atom. The van der Waals surface area contributed by atoms with Gasteiger partial charge in [0.2, 0.25) is 0 Å². The Kier molecular flexibility index (Phi) is 12.0. The molecule has 6 heteroatoms. The van der Waals surface area contributed by atoms with Crippen molar-refractivity contribution >= 4 is 49.0 Å². The summed E-state index contributed by atoms with van der Waals surface area (Å²) in [4.78, 5) is 21.7. The van der Waals surface area contributed by atoms with E-state index in [-0.39, 0.29) is 54.7 Å². The fourth-order valence-electron chi connectivity index (χ4n) is 7.88. The van der Waals surface area contributed by atoms with Gasteiger partial charge in [0.05, 0.1) is 5.76 Å². The van der Waals surface area contributed by atoms with Crippen molar-refractivity contribution in [2.24, 2.45) is 17.8 Å². The topological polar surface area (TPSA) is 63.1 Å². The maximum Gasteiger partial charge on any atom is 0.162 e. The van der Waals surface area contributed by atoms with Gasteiger partial charge < -0.3 is 10.1 Å². The molecule has 1 radical (unpaired) electrons. The van der Waals surface area contributed by atoms with Gasteiger partial charge in [-0.2, -0.15) is 0 Å². The van der Waals surface area contributed by atoms with Gasteiger partial charge in [-0.3, -0.25) is 9.78 Å². The summed E-state index contributed by atoms with van der Waals surface area (Å²) in [5.74, 6) is 0.854. The summed E-state index contributed by atoms with van der Waals surface area (Å²) in [5.41, 5.74) is 5.68. The van der Waals surface area contributed by atoms with Gasteiger partial charge in [-0.25, -0.2) is 4.39 Å². The quantitative estimate of drug-likeness (QED) is 0.0680. The number of ketones is 1. The number of halogens is 1. The van der Waals surface area contributed by atoms with Crippen LogP contribution in [0, 0.1) is 29.6 Å². The number of rotatable bonds is 9. The summed E-state index contributed by atoms with van der Waals surface area (Å²) < 4.78 is 15.3. The van der Waals surface area contributed by atoms with Crippen LogP contribution in [0.1, 0.15) is 97.9 Å². The number of nitrogens with zero attached hydrogens (tertiary/aromatic N) is 2. The summed E-state index contributed by atoms with van der Waals surface area (Å²) >= 11 is 0. The van der Waals surface area contributed by atoms with Gasteiger partial charge in [-0.1, -0.05) is 109 Å². The van der Waals surface area contributed by atoms with Gasteiger partial charge >= 0.3 is 0 Å². The predicted octanol–water partition coefficient (Wildman–Crippen LogP) is 12.4. The Hall–Kier alpha value is -3.99. The average Bonchev–Trinajstić information content (AvgIpc) is 3.11. The number of carbonyl (C=O) groups is 1. The van der Waals surface area contributed by atoms with Crippen molar-refractivity contribution < 1.29 is 34.4 Å². The number of para-hydroxylation sites is 1. The maximum atomic E-state index is 15.3. The Bertz CT molecular complexity index is 2300. The van der Waals surface area contributed by atoms with Crippen LogP contribution in [0.4, 0.5) is 4.39 Å². The minimum absolute atomic E-state index is 0. The van der Waals surface area contributed by atoms with Crippen LogP contribution in [-0.2, 0) is 36.7 Å². The molecule has 0 amide bonds. The maximum absolute atomic E-state index is 15.3. The van der Waals surface area contributed by atoms with Crippen LogP contribution < -0.4 is 0 Å². The molecule has 0 saturated carbocycles. The van der Waals surface area contributed by atoms with Crippen molar-refractivity contribution in [1.82, 2.24) is 9.97 Å². The number of allylic oxidation sites excluding steroid dienone is 2. The number of aliphatic hydroxyl groups is 1. The Balaban J connectivity index is 0.000000280. The molecule has 2 heterocycles. The van der Waals surface area contributed by atoms with E-state index in [1.807, 2.05) is 58.2 Å². The molecule has 2 aromatic heterocycles. The molecule has 0 spiro atoms. The first-order valence-electron chi connectivity index (χ1n) is 18.7. The van der Waals surface area contributed by atoms with E-state index in [0.29, 0.717) is 11.3 Å². The molecule has 0 atom stereocenters. The SMILES string of the molecule is CC(C)Cc1cc(F)c2ccc3c4ccnc5c4c(cc3c2c1)C(C)(C)c1nc2ccccc2[c-]c1-5.CCC(CC)C(=O)/C=C(\O)C(CC)CC.[Ir]. The van der Waals surface area contributed by atoms with E-state index >= 15 is 4.39 Å². The molecule has 0 unspecified atom stereocenters. The minimum Gasteiger partial charge on any atom is -0.512 e. The summed E-state index contributed by atoms with van der Waals surface area (Å²) in [7, 11) is 0. The fraction of sp³-hybridized carbons (Fsp3) is 0.370. The second-order valence-corrected chi connectivity index (χ2v) is 15.0. The molecular formula is C46H50FIrN2O2-. The Morgan fingerprint density at radius 2 is 1.52 bits per heavy atom. The fourth-order valence-corrected chi connectivity index (χ4v) is 7.88. The van der Waals surface area contributed by atoms with Crippen molar-refractivity contribution in [2.75, 3.05) is 0 Å². The van der Waals surface area contributed by atoms with E-state index in [4.69, 9.17) is 9.97 Å². The molecule has 0 bridgehead atoms. The van der Waals surface area contributed by atoms with E-state index in [9.17, 15) is 9.90 Å². The molecule has 0 aliphatic heterocycles. The van der Waals surface area contributed by atoms with Crippen LogP contribution in [0.15, 0.2) is 78.7 Å². The number of pyridine rings is 2. The van der Waals surface area contributed by atoms with E-state index < -0.39 is 0 Å². The number of aliphatic hydroxyl groups excluding tert-OH is 1.